The highest BCUT2D eigenvalue weighted by molar-refractivity contribution is 7.90. The smallest absolute Gasteiger partial charge is 0.338 e. The Kier molecular flexibility index (Phi) is 8.08. The third-order valence-corrected chi connectivity index (χ3v) is 7.72. The predicted molar refractivity (Wildman–Crippen MR) is 144 cm³/mol. The Morgan fingerprint density at radius 3 is 2.35 bits per heavy atom. The van der Waals surface area contributed by atoms with Crippen LogP contribution in [0.1, 0.15) is 41.3 Å². The number of anilines is 1. The maximum atomic E-state index is 13.3. The fraction of sp³-hybridized carbons (Fsp3) is 0.241. The molecule has 4 rings (SSSR count). The van der Waals surface area contributed by atoms with Crippen LogP contribution in [-0.2, 0) is 31.7 Å². The standard InChI is InChI=1S/C29H30N2O5S/c1-3-4-17-36-29(33)23-13-15-24(16-14-23)30-28(32)19-31-18-27(25-7-5-6-8-26(25)31)37(34,35)20-22-11-9-21(2)10-12-22/h5-16,18H,3-4,17,19-20H2,1-2H3,(H,30,32). The molecule has 192 valence electrons. The number of sulfone groups is 1. The SMILES string of the molecule is CCCCOC(=O)c1ccc(NC(=O)Cn2cc(S(=O)(=O)Cc3ccc(C)cc3)c3ccccc32)cc1. The van der Waals surface area contributed by atoms with Crippen molar-refractivity contribution in [3.63, 3.8) is 0 Å². The van der Waals surface area contributed by atoms with E-state index in [0.717, 1.165) is 18.4 Å². The van der Waals surface area contributed by atoms with Crippen LogP contribution in [-0.4, -0.2) is 31.5 Å². The summed E-state index contributed by atoms with van der Waals surface area (Å²) >= 11 is 0. The number of rotatable bonds is 10. The van der Waals surface area contributed by atoms with Gasteiger partial charge in [-0.05, 0) is 49.2 Å². The molecular formula is C29H30N2O5S. The summed E-state index contributed by atoms with van der Waals surface area (Å²) in [6.45, 7) is 4.28. The van der Waals surface area contributed by atoms with Gasteiger partial charge in [0.05, 0.1) is 22.8 Å². The summed E-state index contributed by atoms with van der Waals surface area (Å²) in [6, 6.07) is 21.0. The number of nitrogens with zero attached hydrogens (tertiary/aromatic N) is 1. The number of benzene rings is 3. The molecule has 37 heavy (non-hydrogen) atoms. The number of nitrogens with one attached hydrogen (secondary N) is 1. The molecule has 8 heteroatoms. The van der Waals surface area contributed by atoms with E-state index < -0.39 is 15.8 Å². The van der Waals surface area contributed by atoms with Crippen LogP contribution >= 0.6 is 0 Å². The number of esters is 1. The van der Waals surface area contributed by atoms with Gasteiger partial charge in [0.1, 0.15) is 6.54 Å². The average Bonchev–Trinajstić information content (AvgIpc) is 3.25. The van der Waals surface area contributed by atoms with Crippen LogP contribution in [0.15, 0.2) is 83.9 Å². The number of fused-ring (bicyclic) bond motifs is 1. The van der Waals surface area contributed by atoms with Crippen molar-refractivity contribution in [1.29, 1.82) is 0 Å². The number of aromatic nitrogens is 1. The first kappa shape index (κ1) is 26.2. The van der Waals surface area contributed by atoms with Gasteiger partial charge < -0.3 is 14.6 Å². The highest BCUT2D eigenvalue weighted by Gasteiger charge is 2.22. The molecule has 4 aromatic rings. The number of unbranched alkanes of at least 4 members (excludes halogenated alkanes) is 1. The van der Waals surface area contributed by atoms with E-state index in [-0.39, 0.29) is 23.1 Å². The number of carbonyl (C=O) groups is 2. The quantitative estimate of drug-likeness (QED) is 0.220. The second kappa shape index (κ2) is 11.4. The summed E-state index contributed by atoms with van der Waals surface area (Å²) in [5.74, 6) is -0.841. The van der Waals surface area contributed by atoms with Gasteiger partial charge >= 0.3 is 5.97 Å². The van der Waals surface area contributed by atoms with Gasteiger partial charge in [-0.25, -0.2) is 13.2 Å². The van der Waals surface area contributed by atoms with Gasteiger partial charge in [-0.1, -0.05) is 61.4 Å². The molecule has 1 amide bonds. The zero-order valence-electron chi connectivity index (χ0n) is 20.9. The van der Waals surface area contributed by atoms with Crippen LogP contribution in [0.5, 0.6) is 0 Å². The van der Waals surface area contributed by atoms with Crippen molar-refractivity contribution in [3.8, 4) is 0 Å². The number of hydrogen-bond acceptors (Lipinski definition) is 5. The van der Waals surface area contributed by atoms with Crippen LogP contribution < -0.4 is 5.32 Å². The molecule has 1 aromatic heterocycles. The highest BCUT2D eigenvalue weighted by atomic mass is 32.2. The van der Waals surface area contributed by atoms with Crippen molar-refractivity contribution in [2.75, 3.05) is 11.9 Å². The summed E-state index contributed by atoms with van der Waals surface area (Å²) in [6.07, 6.45) is 3.28. The number of aryl methyl sites for hydroxylation is 1. The minimum Gasteiger partial charge on any atom is -0.462 e. The largest absolute Gasteiger partial charge is 0.462 e. The van der Waals surface area contributed by atoms with Crippen molar-refractivity contribution in [2.24, 2.45) is 0 Å². The zero-order valence-corrected chi connectivity index (χ0v) is 21.8. The van der Waals surface area contributed by atoms with Crippen LogP contribution in [0.3, 0.4) is 0 Å². The molecule has 0 aliphatic carbocycles. The minimum absolute atomic E-state index is 0.0681. The number of carbonyl (C=O) groups excluding carboxylic acids is 2. The maximum absolute atomic E-state index is 13.3. The first-order chi connectivity index (χ1) is 17.8. The second-order valence-corrected chi connectivity index (χ2v) is 11.0. The van der Waals surface area contributed by atoms with E-state index in [0.29, 0.717) is 34.3 Å². The number of hydrogen-bond donors (Lipinski definition) is 1. The normalized spacial score (nSPS) is 11.4. The van der Waals surface area contributed by atoms with Crippen molar-refractivity contribution < 1.29 is 22.7 Å². The Bertz CT molecular complexity index is 1500. The molecule has 0 saturated heterocycles. The number of para-hydroxylation sites is 1. The van der Waals surface area contributed by atoms with E-state index >= 15 is 0 Å². The first-order valence-electron chi connectivity index (χ1n) is 12.2. The summed E-state index contributed by atoms with van der Waals surface area (Å²) in [7, 11) is -3.64. The molecule has 0 unspecified atom stereocenters. The first-order valence-corrected chi connectivity index (χ1v) is 13.9. The van der Waals surface area contributed by atoms with E-state index in [1.165, 1.54) is 6.20 Å². The van der Waals surface area contributed by atoms with Gasteiger partial charge in [0.15, 0.2) is 9.84 Å². The molecule has 0 radical (unpaired) electrons. The lowest BCUT2D eigenvalue weighted by molar-refractivity contribution is -0.116. The molecule has 3 aromatic carbocycles. The lowest BCUT2D eigenvalue weighted by atomic mass is 10.2. The minimum atomic E-state index is -3.64. The fourth-order valence-electron chi connectivity index (χ4n) is 4.01. The lowest BCUT2D eigenvalue weighted by Gasteiger charge is -2.08. The topological polar surface area (TPSA) is 94.5 Å². The van der Waals surface area contributed by atoms with Crippen LogP contribution in [0.25, 0.3) is 10.9 Å². The highest BCUT2D eigenvalue weighted by Crippen LogP contribution is 2.28. The maximum Gasteiger partial charge on any atom is 0.338 e. The van der Waals surface area contributed by atoms with Gasteiger partial charge in [-0.2, -0.15) is 0 Å². The molecule has 0 bridgehead atoms. The molecule has 0 aliphatic rings. The third kappa shape index (κ3) is 6.46. The molecular weight excluding hydrogens is 488 g/mol. The second-order valence-electron chi connectivity index (χ2n) is 9.00. The number of ether oxygens (including phenoxy) is 1. The number of amides is 1. The van der Waals surface area contributed by atoms with E-state index in [1.807, 2.05) is 44.2 Å². The molecule has 0 spiro atoms. The van der Waals surface area contributed by atoms with E-state index in [4.69, 9.17) is 4.74 Å². The fourth-order valence-corrected chi connectivity index (χ4v) is 5.59. The van der Waals surface area contributed by atoms with Gasteiger partial charge in [0.25, 0.3) is 0 Å². The van der Waals surface area contributed by atoms with E-state index in [1.54, 1.807) is 47.0 Å². The van der Waals surface area contributed by atoms with Crippen LogP contribution in [0.4, 0.5) is 5.69 Å². The van der Waals surface area contributed by atoms with Gasteiger partial charge in [0, 0.05) is 22.8 Å². The van der Waals surface area contributed by atoms with Crippen molar-refractivity contribution in [2.45, 2.75) is 43.9 Å². The Hall–Kier alpha value is -3.91. The molecule has 1 heterocycles. The summed E-state index contributed by atoms with van der Waals surface area (Å²) in [4.78, 5) is 25.1. The predicted octanol–water partition coefficient (Wildman–Crippen LogP) is 5.52. The Morgan fingerprint density at radius 1 is 0.946 bits per heavy atom. The van der Waals surface area contributed by atoms with Crippen molar-refractivity contribution in [3.05, 3.63) is 95.7 Å². The van der Waals surface area contributed by atoms with Crippen molar-refractivity contribution >= 4 is 38.3 Å². The lowest BCUT2D eigenvalue weighted by Crippen LogP contribution is -2.18. The monoisotopic (exact) mass is 518 g/mol. The summed E-state index contributed by atoms with van der Waals surface area (Å²) in [5.41, 5.74) is 3.36. The molecule has 0 fully saturated rings. The van der Waals surface area contributed by atoms with E-state index in [2.05, 4.69) is 5.32 Å². The average molecular weight is 519 g/mol. The van der Waals surface area contributed by atoms with Crippen LogP contribution in [0.2, 0.25) is 0 Å². The Morgan fingerprint density at radius 2 is 1.65 bits per heavy atom. The Balaban J connectivity index is 1.49. The van der Waals surface area contributed by atoms with Crippen molar-refractivity contribution in [1.82, 2.24) is 4.57 Å². The zero-order chi connectivity index (χ0) is 26.4. The van der Waals surface area contributed by atoms with Gasteiger partial charge in [0.2, 0.25) is 5.91 Å². The third-order valence-electron chi connectivity index (χ3n) is 6.01. The van der Waals surface area contributed by atoms with E-state index in [9.17, 15) is 18.0 Å². The van der Waals surface area contributed by atoms with Crippen LogP contribution in [0, 0.1) is 6.92 Å². The molecule has 0 aliphatic heterocycles. The summed E-state index contributed by atoms with van der Waals surface area (Å²) in [5, 5.41) is 3.38. The van der Waals surface area contributed by atoms with Gasteiger partial charge in [-0.3, -0.25) is 4.79 Å². The molecule has 7 nitrogen and oxygen atoms in total. The molecule has 0 atom stereocenters. The molecule has 0 saturated carbocycles. The molecule has 1 N–H and O–H groups in total. The Labute approximate surface area is 217 Å². The van der Waals surface area contributed by atoms with Gasteiger partial charge in [-0.15, -0.1) is 0 Å². The summed E-state index contributed by atoms with van der Waals surface area (Å²) < 4.78 is 33.5.